The fourth-order valence-electron chi connectivity index (χ4n) is 2.88. The van der Waals surface area contributed by atoms with Gasteiger partial charge in [0.2, 0.25) is 5.91 Å². The highest BCUT2D eigenvalue weighted by Gasteiger charge is 2.19. The molecule has 0 radical (unpaired) electrons. The number of sulfone groups is 1. The van der Waals surface area contributed by atoms with Crippen LogP contribution in [0.25, 0.3) is 0 Å². The molecule has 8 nitrogen and oxygen atoms in total. The summed E-state index contributed by atoms with van der Waals surface area (Å²) in [4.78, 5) is 12.3. The van der Waals surface area contributed by atoms with Crippen molar-refractivity contribution < 1.29 is 30.8 Å². The molecule has 0 unspecified atom stereocenters. The summed E-state index contributed by atoms with van der Waals surface area (Å²) in [5.41, 5.74) is 0.270. The van der Waals surface area contributed by atoms with Crippen LogP contribution in [0.3, 0.4) is 0 Å². The number of benzene rings is 3. The van der Waals surface area contributed by atoms with Gasteiger partial charge in [-0.3, -0.25) is 9.52 Å². The van der Waals surface area contributed by atoms with Crippen LogP contribution in [-0.4, -0.2) is 35.6 Å². The minimum absolute atomic E-state index is 0.0385. The number of anilines is 2. The second-order valence-corrected chi connectivity index (χ2v) is 10.7. The van der Waals surface area contributed by atoms with Gasteiger partial charge in [0.05, 0.1) is 28.3 Å². The average molecular weight is 493 g/mol. The van der Waals surface area contributed by atoms with Crippen molar-refractivity contribution in [2.45, 2.75) is 16.2 Å². The van der Waals surface area contributed by atoms with E-state index in [4.69, 9.17) is 4.74 Å². The summed E-state index contributed by atoms with van der Waals surface area (Å²) in [7, 11) is -6.34. The number of hydrogen-bond acceptors (Lipinski definition) is 6. The number of nitrogens with one attached hydrogen (secondary N) is 2. The Morgan fingerprint density at radius 2 is 1.58 bits per heavy atom. The largest absolute Gasteiger partial charge is 0.495 e. The van der Waals surface area contributed by atoms with Crippen LogP contribution in [0.2, 0.25) is 0 Å². The molecule has 0 aliphatic rings. The van der Waals surface area contributed by atoms with Gasteiger partial charge in [0, 0.05) is 12.1 Å². The fourth-order valence-corrected chi connectivity index (χ4v) is 5.20. The molecule has 0 atom stereocenters. The monoisotopic (exact) mass is 492 g/mol. The van der Waals surface area contributed by atoms with E-state index in [0.29, 0.717) is 0 Å². The Morgan fingerprint density at radius 1 is 0.909 bits per heavy atom. The molecule has 0 aromatic heterocycles. The molecule has 3 aromatic carbocycles. The summed E-state index contributed by atoms with van der Waals surface area (Å²) < 4.78 is 70.5. The Kier molecular flexibility index (Phi) is 7.34. The highest BCUT2D eigenvalue weighted by Crippen LogP contribution is 2.30. The molecule has 11 heteroatoms. The van der Waals surface area contributed by atoms with E-state index in [9.17, 15) is 26.0 Å². The van der Waals surface area contributed by atoms with Crippen molar-refractivity contribution >= 4 is 37.1 Å². The number of amides is 1. The van der Waals surface area contributed by atoms with Gasteiger partial charge in [-0.15, -0.1) is 0 Å². The number of rotatable bonds is 9. The van der Waals surface area contributed by atoms with Gasteiger partial charge in [0.25, 0.3) is 10.0 Å². The summed E-state index contributed by atoms with van der Waals surface area (Å²) in [6.45, 7) is 0. The standard InChI is InChI=1S/C22H21FN2O6S2/c1-31-21-12-9-17(15-20(21)25-33(29,30)19-10-7-16(23)8-11-19)24-22(26)13-14-32(27,28)18-5-3-2-4-6-18/h2-12,15,25H,13-14H2,1H3,(H,24,26). The first kappa shape index (κ1) is 24.2. The zero-order chi connectivity index (χ0) is 24.1. The molecule has 0 spiro atoms. The Bertz CT molecular complexity index is 1340. The van der Waals surface area contributed by atoms with Crippen molar-refractivity contribution in [2.24, 2.45) is 0 Å². The van der Waals surface area contributed by atoms with Gasteiger partial charge in [-0.25, -0.2) is 21.2 Å². The van der Waals surface area contributed by atoms with Crippen molar-refractivity contribution in [2.75, 3.05) is 22.9 Å². The number of sulfonamides is 1. The summed E-state index contributed by atoms with van der Waals surface area (Å²) >= 11 is 0. The van der Waals surface area contributed by atoms with Crippen LogP contribution in [0.5, 0.6) is 5.75 Å². The first-order valence-corrected chi connectivity index (χ1v) is 12.8. The molecule has 0 saturated heterocycles. The number of methoxy groups -OCH3 is 1. The normalized spacial score (nSPS) is 11.6. The number of carbonyl (C=O) groups is 1. The maximum atomic E-state index is 13.1. The summed E-state index contributed by atoms with van der Waals surface area (Å²) in [6.07, 6.45) is -0.292. The molecule has 0 bridgehead atoms. The van der Waals surface area contributed by atoms with Gasteiger partial charge < -0.3 is 10.1 Å². The number of ether oxygens (including phenoxy) is 1. The van der Waals surface area contributed by atoms with E-state index in [-0.39, 0.29) is 39.1 Å². The van der Waals surface area contributed by atoms with E-state index in [1.54, 1.807) is 18.2 Å². The Hall–Kier alpha value is -3.44. The van der Waals surface area contributed by atoms with Crippen LogP contribution in [0, 0.1) is 5.82 Å². The predicted octanol–water partition coefficient (Wildman–Crippen LogP) is 3.44. The quantitative estimate of drug-likeness (QED) is 0.472. The smallest absolute Gasteiger partial charge is 0.262 e. The second-order valence-electron chi connectivity index (χ2n) is 6.90. The third-order valence-corrected chi connectivity index (χ3v) is 7.67. The van der Waals surface area contributed by atoms with Crippen LogP contribution >= 0.6 is 0 Å². The number of carbonyl (C=O) groups excluding carboxylic acids is 1. The number of halogens is 1. The highest BCUT2D eigenvalue weighted by atomic mass is 32.2. The van der Waals surface area contributed by atoms with Gasteiger partial charge in [-0.05, 0) is 54.6 Å². The minimum Gasteiger partial charge on any atom is -0.495 e. The molecule has 3 rings (SSSR count). The third kappa shape index (κ3) is 6.30. The average Bonchev–Trinajstić information content (AvgIpc) is 2.79. The van der Waals surface area contributed by atoms with Crippen molar-refractivity contribution in [3.8, 4) is 5.75 Å². The molecule has 0 saturated carbocycles. The van der Waals surface area contributed by atoms with Gasteiger partial charge in [-0.1, -0.05) is 18.2 Å². The van der Waals surface area contributed by atoms with Crippen molar-refractivity contribution in [3.63, 3.8) is 0 Å². The van der Waals surface area contributed by atoms with Crippen LogP contribution in [0.1, 0.15) is 6.42 Å². The van der Waals surface area contributed by atoms with E-state index < -0.39 is 31.6 Å². The maximum Gasteiger partial charge on any atom is 0.262 e. The lowest BCUT2D eigenvalue weighted by Gasteiger charge is -2.14. The SMILES string of the molecule is COc1ccc(NC(=O)CCS(=O)(=O)c2ccccc2)cc1NS(=O)(=O)c1ccc(F)cc1. The molecule has 0 aliphatic carbocycles. The summed E-state index contributed by atoms with van der Waals surface area (Å²) in [5, 5.41) is 2.55. The van der Waals surface area contributed by atoms with Crippen LogP contribution in [-0.2, 0) is 24.7 Å². The Balaban J connectivity index is 1.72. The third-order valence-electron chi connectivity index (χ3n) is 4.55. The number of hydrogen-bond donors (Lipinski definition) is 2. The van der Waals surface area contributed by atoms with Gasteiger partial charge in [0.1, 0.15) is 11.6 Å². The molecule has 3 aromatic rings. The highest BCUT2D eigenvalue weighted by molar-refractivity contribution is 7.92. The fraction of sp³-hybridized carbons (Fsp3) is 0.136. The summed E-state index contributed by atoms with van der Waals surface area (Å²) in [5.74, 6) is -1.34. The molecular formula is C22H21FN2O6S2. The van der Waals surface area contributed by atoms with Crippen LogP contribution in [0.15, 0.2) is 82.6 Å². The van der Waals surface area contributed by atoms with Gasteiger partial charge in [-0.2, -0.15) is 0 Å². The summed E-state index contributed by atoms with van der Waals surface area (Å²) in [6, 6.07) is 16.3. The van der Waals surface area contributed by atoms with E-state index in [1.807, 2.05) is 0 Å². The predicted molar refractivity (Wildman–Crippen MR) is 122 cm³/mol. The van der Waals surface area contributed by atoms with Crippen LogP contribution < -0.4 is 14.8 Å². The molecule has 33 heavy (non-hydrogen) atoms. The van der Waals surface area contributed by atoms with Crippen molar-refractivity contribution in [1.82, 2.24) is 0 Å². The van der Waals surface area contributed by atoms with E-state index in [1.165, 1.54) is 37.4 Å². The second kappa shape index (κ2) is 10.0. The maximum absolute atomic E-state index is 13.1. The lowest BCUT2D eigenvalue weighted by molar-refractivity contribution is -0.115. The molecule has 0 heterocycles. The molecule has 174 valence electrons. The lowest BCUT2D eigenvalue weighted by Crippen LogP contribution is -2.18. The van der Waals surface area contributed by atoms with Crippen LogP contribution in [0.4, 0.5) is 15.8 Å². The van der Waals surface area contributed by atoms with E-state index >= 15 is 0 Å². The Morgan fingerprint density at radius 3 is 2.21 bits per heavy atom. The van der Waals surface area contributed by atoms with E-state index in [2.05, 4.69) is 10.0 Å². The van der Waals surface area contributed by atoms with Gasteiger partial charge >= 0.3 is 0 Å². The molecule has 1 amide bonds. The van der Waals surface area contributed by atoms with E-state index in [0.717, 1.165) is 24.3 Å². The first-order chi connectivity index (χ1) is 15.6. The topological polar surface area (TPSA) is 119 Å². The Labute approximate surface area is 191 Å². The molecule has 2 N–H and O–H groups in total. The zero-order valence-electron chi connectivity index (χ0n) is 17.5. The van der Waals surface area contributed by atoms with Crippen molar-refractivity contribution in [1.29, 1.82) is 0 Å². The molecule has 0 fully saturated rings. The molecule has 0 aliphatic heterocycles. The van der Waals surface area contributed by atoms with Gasteiger partial charge in [0.15, 0.2) is 9.84 Å². The lowest BCUT2D eigenvalue weighted by atomic mass is 10.2. The minimum atomic E-state index is -4.06. The zero-order valence-corrected chi connectivity index (χ0v) is 19.1. The first-order valence-electron chi connectivity index (χ1n) is 9.65. The molecular weight excluding hydrogens is 471 g/mol. The van der Waals surface area contributed by atoms with Crippen molar-refractivity contribution in [3.05, 3.63) is 78.6 Å².